The molecule has 88 valence electrons. The van der Waals surface area contributed by atoms with Gasteiger partial charge in [0.1, 0.15) is 0 Å². The molecule has 1 amide bonds. The van der Waals surface area contributed by atoms with Gasteiger partial charge in [-0.15, -0.1) is 0 Å². The van der Waals surface area contributed by atoms with Crippen LogP contribution >= 0.6 is 0 Å². The number of nitrogens with one attached hydrogen (secondary N) is 1. The zero-order chi connectivity index (χ0) is 12.3. The Labute approximate surface area is 94.1 Å². The average Bonchev–Trinajstić information content (AvgIpc) is 2.62. The minimum atomic E-state index is -0.898. The first-order valence-electron chi connectivity index (χ1n) is 5.05. The van der Waals surface area contributed by atoms with Crippen LogP contribution in [0.1, 0.15) is 22.8 Å². The van der Waals surface area contributed by atoms with Crippen LogP contribution in [0.25, 0.3) is 0 Å². The number of carboxylic acids is 1. The first-order chi connectivity index (χ1) is 7.43. The van der Waals surface area contributed by atoms with Gasteiger partial charge in [-0.05, 0) is 12.5 Å². The van der Waals surface area contributed by atoms with E-state index >= 15 is 0 Å². The second-order valence-electron chi connectivity index (χ2n) is 3.98. The first kappa shape index (κ1) is 12.3. The fourth-order valence-corrected chi connectivity index (χ4v) is 1.45. The third-order valence-electron chi connectivity index (χ3n) is 2.50. The second-order valence-corrected chi connectivity index (χ2v) is 3.98. The predicted molar refractivity (Wildman–Crippen MR) is 59.3 cm³/mol. The van der Waals surface area contributed by atoms with Crippen molar-refractivity contribution in [2.24, 2.45) is 5.92 Å². The molecular weight excluding hydrogens is 208 g/mol. The molecule has 1 unspecified atom stereocenters. The van der Waals surface area contributed by atoms with Gasteiger partial charge in [0, 0.05) is 26.0 Å². The molecule has 5 heteroatoms. The molecule has 2 N–H and O–H groups in total. The van der Waals surface area contributed by atoms with Gasteiger partial charge in [-0.1, -0.05) is 6.92 Å². The van der Waals surface area contributed by atoms with Crippen molar-refractivity contribution in [1.82, 2.24) is 9.88 Å². The molecule has 1 heterocycles. The molecule has 1 aromatic heterocycles. The standard InChI is InChI=1S/C11H16N2O3/c1-7-4-12-5-9(7)10(14)13(3)6-8(2)11(15)16/h4-5,8,12H,6H2,1-3H3,(H,15,16). The maximum absolute atomic E-state index is 11.9. The van der Waals surface area contributed by atoms with Crippen molar-refractivity contribution in [2.45, 2.75) is 13.8 Å². The largest absolute Gasteiger partial charge is 0.481 e. The van der Waals surface area contributed by atoms with E-state index in [2.05, 4.69) is 4.98 Å². The van der Waals surface area contributed by atoms with Crippen molar-refractivity contribution >= 4 is 11.9 Å². The Morgan fingerprint density at radius 2 is 2.12 bits per heavy atom. The van der Waals surface area contributed by atoms with E-state index in [0.717, 1.165) is 5.56 Å². The van der Waals surface area contributed by atoms with Gasteiger partial charge in [0.05, 0.1) is 11.5 Å². The Morgan fingerprint density at radius 3 is 2.56 bits per heavy atom. The van der Waals surface area contributed by atoms with Crippen LogP contribution in [0.3, 0.4) is 0 Å². The number of rotatable bonds is 4. The fraction of sp³-hybridized carbons (Fsp3) is 0.455. The van der Waals surface area contributed by atoms with Crippen molar-refractivity contribution in [1.29, 1.82) is 0 Å². The highest BCUT2D eigenvalue weighted by Crippen LogP contribution is 2.10. The number of aryl methyl sites for hydroxylation is 1. The summed E-state index contributed by atoms with van der Waals surface area (Å²) in [6, 6.07) is 0. The molecule has 16 heavy (non-hydrogen) atoms. The van der Waals surface area contributed by atoms with E-state index in [1.807, 2.05) is 6.92 Å². The normalized spacial score (nSPS) is 12.2. The number of aromatic nitrogens is 1. The molecule has 1 rings (SSSR count). The Bertz CT molecular complexity index is 398. The molecule has 0 fully saturated rings. The zero-order valence-corrected chi connectivity index (χ0v) is 9.65. The first-order valence-corrected chi connectivity index (χ1v) is 5.05. The summed E-state index contributed by atoms with van der Waals surface area (Å²) in [6.45, 7) is 3.62. The number of carbonyl (C=O) groups excluding carboxylic acids is 1. The highest BCUT2D eigenvalue weighted by molar-refractivity contribution is 5.95. The SMILES string of the molecule is Cc1c[nH]cc1C(=O)N(C)CC(C)C(=O)O. The number of amides is 1. The smallest absolute Gasteiger partial charge is 0.308 e. The number of carboxylic acid groups (broad SMARTS) is 1. The lowest BCUT2D eigenvalue weighted by Crippen LogP contribution is -2.33. The highest BCUT2D eigenvalue weighted by atomic mass is 16.4. The molecule has 0 saturated carbocycles. The fourth-order valence-electron chi connectivity index (χ4n) is 1.45. The summed E-state index contributed by atoms with van der Waals surface area (Å²) < 4.78 is 0. The van der Waals surface area contributed by atoms with Crippen molar-refractivity contribution in [2.75, 3.05) is 13.6 Å². The van der Waals surface area contributed by atoms with Crippen LogP contribution in [0.5, 0.6) is 0 Å². The van der Waals surface area contributed by atoms with E-state index < -0.39 is 11.9 Å². The van der Waals surface area contributed by atoms with Crippen molar-refractivity contribution in [3.63, 3.8) is 0 Å². The number of carbonyl (C=O) groups is 2. The molecule has 1 aromatic rings. The summed E-state index contributed by atoms with van der Waals surface area (Å²) >= 11 is 0. The van der Waals surface area contributed by atoms with Gasteiger partial charge in [-0.3, -0.25) is 9.59 Å². The highest BCUT2D eigenvalue weighted by Gasteiger charge is 2.19. The molecule has 5 nitrogen and oxygen atoms in total. The van der Waals surface area contributed by atoms with E-state index in [9.17, 15) is 9.59 Å². The Kier molecular flexibility index (Phi) is 3.71. The molecule has 0 bridgehead atoms. The van der Waals surface area contributed by atoms with Crippen LogP contribution in [0.4, 0.5) is 0 Å². The van der Waals surface area contributed by atoms with Gasteiger partial charge in [-0.2, -0.15) is 0 Å². The van der Waals surface area contributed by atoms with Gasteiger partial charge in [0.25, 0.3) is 5.91 Å². The molecule has 0 radical (unpaired) electrons. The van der Waals surface area contributed by atoms with Crippen LogP contribution in [-0.2, 0) is 4.79 Å². The summed E-state index contributed by atoms with van der Waals surface area (Å²) in [6.07, 6.45) is 3.36. The summed E-state index contributed by atoms with van der Waals surface area (Å²) in [5.41, 5.74) is 1.44. The molecule has 0 spiro atoms. The summed E-state index contributed by atoms with van der Waals surface area (Å²) in [5.74, 6) is -1.62. The van der Waals surface area contributed by atoms with E-state index in [1.165, 1.54) is 4.90 Å². The van der Waals surface area contributed by atoms with E-state index in [4.69, 9.17) is 5.11 Å². The number of aliphatic carboxylic acids is 1. The van der Waals surface area contributed by atoms with E-state index in [1.54, 1.807) is 26.4 Å². The summed E-state index contributed by atoms with van der Waals surface area (Å²) in [5, 5.41) is 8.75. The van der Waals surface area contributed by atoms with Crippen LogP contribution in [-0.4, -0.2) is 40.5 Å². The maximum atomic E-state index is 11.9. The van der Waals surface area contributed by atoms with E-state index in [-0.39, 0.29) is 12.5 Å². The molecule has 0 saturated heterocycles. The third kappa shape index (κ3) is 2.62. The number of aromatic amines is 1. The van der Waals surface area contributed by atoms with Gasteiger partial charge >= 0.3 is 5.97 Å². The van der Waals surface area contributed by atoms with Crippen LogP contribution in [0, 0.1) is 12.8 Å². The number of hydrogen-bond donors (Lipinski definition) is 2. The third-order valence-corrected chi connectivity index (χ3v) is 2.50. The summed E-state index contributed by atoms with van der Waals surface area (Å²) in [7, 11) is 1.61. The van der Waals surface area contributed by atoms with Crippen LogP contribution < -0.4 is 0 Å². The maximum Gasteiger partial charge on any atom is 0.308 e. The molecule has 0 aliphatic rings. The number of hydrogen-bond acceptors (Lipinski definition) is 2. The minimum absolute atomic E-state index is 0.160. The number of H-pyrrole nitrogens is 1. The van der Waals surface area contributed by atoms with Gasteiger partial charge in [0.15, 0.2) is 0 Å². The van der Waals surface area contributed by atoms with Crippen molar-refractivity contribution in [3.05, 3.63) is 23.5 Å². The molecule has 0 aliphatic carbocycles. The molecule has 0 aromatic carbocycles. The molecular formula is C11H16N2O3. The zero-order valence-electron chi connectivity index (χ0n) is 9.65. The molecule has 1 atom stereocenters. The topological polar surface area (TPSA) is 73.4 Å². The average molecular weight is 224 g/mol. The number of nitrogens with zero attached hydrogens (tertiary/aromatic N) is 1. The lowest BCUT2D eigenvalue weighted by molar-refractivity contribution is -0.141. The lowest BCUT2D eigenvalue weighted by Gasteiger charge is -2.19. The van der Waals surface area contributed by atoms with Gasteiger partial charge in [0.2, 0.25) is 0 Å². The van der Waals surface area contributed by atoms with Crippen molar-refractivity contribution in [3.8, 4) is 0 Å². The van der Waals surface area contributed by atoms with Gasteiger partial charge in [-0.25, -0.2) is 0 Å². The Morgan fingerprint density at radius 1 is 1.50 bits per heavy atom. The Hall–Kier alpha value is -1.78. The predicted octanol–water partition coefficient (Wildman–Crippen LogP) is 1.12. The quantitative estimate of drug-likeness (QED) is 0.804. The second kappa shape index (κ2) is 4.83. The minimum Gasteiger partial charge on any atom is -0.481 e. The van der Waals surface area contributed by atoms with Crippen molar-refractivity contribution < 1.29 is 14.7 Å². The van der Waals surface area contributed by atoms with Gasteiger partial charge < -0.3 is 15.0 Å². The lowest BCUT2D eigenvalue weighted by atomic mass is 10.1. The monoisotopic (exact) mass is 224 g/mol. The summed E-state index contributed by atoms with van der Waals surface area (Å²) in [4.78, 5) is 26.8. The Balaban J connectivity index is 2.69. The van der Waals surface area contributed by atoms with Crippen LogP contribution in [0.2, 0.25) is 0 Å². The molecule has 0 aliphatic heterocycles. The van der Waals surface area contributed by atoms with Crippen LogP contribution in [0.15, 0.2) is 12.4 Å². The van der Waals surface area contributed by atoms with E-state index in [0.29, 0.717) is 5.56 Å².